The Balaban J connectivity index is 1.69. The second-order valence-corrected chi connectivity index (χ2v) is 7.29. The van der Waals surface area contributed by atoms with Crippen molar-refractivity contribution in [3.8, 4) is 11.1 Å². The van der Waals surface area contributed by atoms with E-state index in [0.717, 1.165) is 36.9 Å². The number of amides is 1. The van der Waals surface area contributed by atoms with Crippen LogP contribution in [-0.2, 0) is 17.6 Å². The zero-order valence-corrected chi connectivity index (χ0v) is 15.8. The summed E-state index contributed by atoms with van der Waals surface area (Å²) in [6.45, 7) is 1.70. The van der Waals surface area contributed by atoms with Crippen LogP contribution in [0.2, 0.25) is 0 Å². The summed E-state index contributed by atoms with van der Waals surface area (Å²) in [6, 6.07) is 27.6. The average molecular weight is 355 g/mol. The Morgan fingerprint density at radius 1 is 0.926 bits per heavy atom. The van der Waals surface area contributed by atoms with Crippen molar-refractivity contribution in [2.75, 3.05) is 4.90 Å². The fourth-order valence-corrected chi connectivity index (χ4v) is 4.23. The van der Waals surface area contributed by atoms with Crippen molar-refractivity contribution in [3.63, 3.8) is 0 Å². The molecule has 1 aliphatic heterocycles. The lowest BCUT2D eigenvalue weighted by molar-refractivity contribution is -0.117. The smallest absolute Gasteiger partial charge is 0.224 e. The number of hydrogen-bond acceptors (Lipinski definition) is 1. The molecule has 0 saturated carbocycles. The largest absolute Gasteiger partial charge is 0.309 e. The lowest BCUT2D eigenvalue weighted by atomic mass is 9.88. The van der Waals surface area contributed by atoms with E-state index in [1.165, 1.54) is 16.7 Å². The number of fused-ring (bicyclic) bond motifs is 1. The first kappa shape index (κ1) is 17.5. The summed E-state index contributed by atoms with van der Waals surface area (Å²) in [5.74, 6) is 0.136. The van der Waals surface area contributed by atoms with Gasteiger partial charge in [-0.3, -0.25) is 4.79 Å². The monoisotopic (exact) mass is 355 g/mol. The van der Waals surface area contributed by atoms with E-state index >= 15 is 0 Å². The lowest BCUT2D eigenvalue weighted by Gasteiger charge is -2.38. The molecule has 0 radical (unpaired) electrons. The van der Waals surface area contributed by atoms with E-state index in [4.69, 9.17) is 0 Å². The van der Waals surface area contributed by atoms with Crippen molar-refractivity contribution in [1.82, 2.24) is 0 Å². The summed E-state index contributed by atoms with van der Waals surface area (Å²) < 4.78 is 0. The summed E-state index contributed by atoms with van der Waals surface area (Å²) >= 11 is 0. The maximum Gasteiger partial charge on any atom is 0.224 e. The molecule has 0 fully saturated rings. The molecule has 136 valence electrons. The van der Waals surface area contributed by atoms with Crippen LogP contribution in [0.5, 0.6) is 0 Å². The molecular formula is C25H25NO. The summed E-state index contributed by atoms with van der Waals surface area (Å²) in [7, 11) is 0. The van der Waals surface area contributed by atoms with Crippen molar-refractivity contribution in [2.45, 2.75) is 38.6 Å². The highest BCUT2D eigenvalue weighted by molar-refractivity contribution is 5.98. The van der Waals surface area contributed by atoms with Crippen LogP contribution in [0.4, 0.5) is 5.69 Å². The van der Waals surface area contributed by atoms with Crippen LogP contribution in [0.15, 0.2) is 78.9 Å². The number of carbonyl (C=O) groups is 1. The number of carbonyl (C=O) groups excluding carboxylic acids is 1. The Hall–Kier alpha value is -2.87. The third kappa shape index (κ3) is 3.66. The summed E-state index contributed by atoms with van der Waals surface area (Å²) in [5, 5.41) is 0. The van der Waals surface area contributed by atoms with Gasteiger partial charge in [0.05, 0.1) is 5.69 Å². The predicted molar refractivity (Wildman–Crippen MR) is 112 cm³/mol. The molecule has 1 unspecified atom stereocenters. The van der Waals surface area contributed by atoms with Crippen molar-refractivity contribution in [2.24, 2.45) is 0 Å². The Labute approximate surface area is 161 Å². The maximum absolute atomic E-state index is 12.7. The SMILES string of the molecule is CC(=O)N1c2c(cccc2-c2ccccc2)CCC1CCc1ccccc1. The zero-order valence-electron chi connectivity index (χ0n) is 15.8. The van der Waals surface area contributed by atoms with Crippen LogP contribution in [0.1, 0.15) is 30.9 Å². The Morgan fingerprint density at radius 3 is 2.33 bits per heavy atom. The second kappa shape index (κ2) is 7.79. The topological polar surface area (TPSA) is 20.3 Å². The number of rotatable bonds is 4. The first-order valence-electron chi connectivity index (χ1n) is 9.75. The van der Waals surface area contributed by atoms with Gasteiger partial charge in [0.25, 0.3) is 0 Å². The van der Waals surface area contributed by atoms with Crippen LogP contribution in [0.3, 0.4) is 0 Å². The molecule has 0 saturated heterocycles. The second-order valence-electron chi connectivity index (χ2n) is 7.29. The number of hydrogen-bond donors (Lipinski definition) is 0. The number of benzene rings is 3. The molecule has 1 atom stereocenters. The summed E-state index contributed by atoms with van der Waals surface area (Å²) in [5.41, 5.74) is 6.06. The van der Waals surface area contributed by atoms with Gasteiger partial charge in [-0.15, -0.1) is 0 Å². The predicted octanol–water partition coefficient (Wildman–Crippen LogP) is 5.65. The minimum absolute atomic E-state index is 0.136. The molecule has 0 aliphatic carbocycles. The third-order valence-corrected chi connectivity index (χ3v) is 5.51. The van der Waals surface area contributed by atoms with Gasteiger partial charge in [0, 0.05) is 18.5 Å². The van der Waals surface area contributed by atoms with Crippen molar-refractivity contribution in [3.05, 3.63) is 90.0 Å². The molecule has 0 N–H and O–H groups in total. The van der Waals surface area contributed by atoms with E-state index in [1.54, 1.807) is 6.92 Å². The Kier molecular flexibility index (Phi) is 5.06. The molecule has 0 bridgehead atoms. The van der Waals surface area contributed by atoms with E-state index < -0.39 is 0 Å². The Morgan fingerprint density at radius 2 is 1.63 bits per heavy atom. The van der Waals surface area contributed by atoms with Crippen LogP contribution >= 0.6 is 0 Å². The number of aryl methyl sites for hydroxylation is 2. The van der Waals surface area contributed by atoms with E-state index in [-0.39, 0.29) is 11.9 Å². The maximum atomic E-state index is 12.7. The Bertz CT molecular complexity index is 918. The molecule has 2 nitrogen and oxygen atoms in total. The van der Waals surface area contributed by atoms with Gasteiger partial charge in [-0.1, -0.05) is 78.9 Å². The number of nitrogens with zero attached hydrogens (tertiary/aromatic N) is 1. The van der Waals surface area contributed by atoms with Crippen molar-refractivity contribution < 1.29 is 4.79 Å². The number of anilines is 1. The van der Waals surface area contributed by atoms with Gasteiger partial charge in [0.1, 0.15) is 0 Å². The zero-order chi connectivity index (χ0) is 18.6. The molecule has 0 spiro atoms. The minimum atomic E-state index is 0.136. The summed E-state index contributed by atoms with van der Waals surface area (Å²) in [4.78, 5) is 14.8. The van der Waals surface area contributed by atoms with Crippen molar-refractivity contribution in [1.29, 1.82) is 0 Å². The van der Waals surface area contributed by atoms with Gasteiger partial charge >= 0.3 is 0 Å². The van der Waals surface area contributed by atoms with E-state index in [9.17, 15) is 4.79 Å². The first-order chi connectivity index (χ1) is 13.2. The molecule has 0 aromatic heterocycles. The van der Waals surface area contributed by atoms with Gasteiger partial charge in [-0.2, -0.15) is 0 Å². The standard InChI is InChI=1S/C25H25NO/c1-19(27)26-23(17-15-20-9-4-2-5-10-20)18-16-22-13-8-14-24(25(22)26)21-11-6-3-7-12-21/h2-14,23H,15-18H2,1H3. The van der Waals surface area contributed by atoms with Crippen molar-refractivity contribution >= 4 is 11.6 Å². The molecule has 1 amide bonds. The van der Waals surface area contributed by atoms with Gasteiger partial charge in [0.2, 0.25) is 5.91 Å². The molecule has 1 aliphatic rings. The van der Waals surface area contributed by atoms with Crippen LogP contribution in [0.25, 0.3) is 11.1 Å². The van der Waals surface area contributed by atoms with Crippen LogP contribution in [0, 0.1) is 0 Å². The van der Waals surface area contributed by atoms with E-state index in [1.807, 2.05) is 12.1 Å². The molecular weight excluding hydrogens is 330 g/mol. The third-order valence-electron chi connectivity index (χ3n) is 5.51. The molecule has 2 heteroatoms. The van der Waals surface area contributed by atoms with Crippen LogP contribution in [-0.4, -0.2) is 11.9 Å². The lowest BCUT2D eigenvalue weighted by Crippen LogP contribution is -2.43. The molecule has 27 heavy (non-hydrogen) atoms. The minimum Gasteiger partial charge on any atom is -0.309 e. The average Bonchev–Trinajstić information content (AvgIpc) is 2.72. The van der Waals surface area contributed by atoms with E-state index in [2.05, 4.69) is 71.6 Å². The normalized spacial score (nSPS) is 16.0. The van der Waals surface area contributed by atoms with Gasteiger partial charge in [0.15, 0.2) is 0 Å². The molecule has 3 aromatic rings. The van der Waals surface area contributed by atoms with Gasteiger partial charge in [-0.05, 0) is 42.4 Å². The molecule has 4 rings (SSSR count). The van der Waals surface area contributed by atoms with Crippen LogP contribution < -0.4 is 4.90 Å². The summed E-state index contributed by atoms with van der Waals surface area (Å²) in [6.07, 6.45) is 4.04. The number of para-hydroxylation sites is 1. The molecule has 3 aromatic carbocycles. The van der Waals surface area contributed by atoms with E-state index in [0.29, 0.717) is 0 Å². The van der Waals surface area contributed by atoms with Gasteiger partial charge in [-0.25, -0.2) is 0 Å². The fourth-order valence-electron chi connectivity index (χ4n) is 4.23. The molecule has 1 heterocycles. The highest BCUT2D eigenvalue weighted by Gasteiger charge is 2.31. The van der Waals surface area contributed by atoms with Gasteiger partial charge < -0.3 is 4.90 Å². The highest BCUT2D eigenvalue weighted by Crippen LogP contribution is 2.40. The quantitative estimate of drug-likeness (QED) is 0.592. The highest BCUT2D eigenvalue weighted by atomic mass is 16.2. The fraction of sp³-hybridized carbons (Fsp3) is 0.240. The first-order valence-corrected chi connectivity index (χ1v) is 9.75.